The van der Waals surface area contributed by atoms with Gasteiger partial charge in [0, 0.05) is 24.9 Å². The van der Waals surface area contributed by atoms with Crippen molar-refractivity contribution in [2.24, 2.45) is 0 Å². The SMILES string of the molecule is CNC(=O)CCCS(=O)c1nc2ccc(N)cc2s1. The Labute approximate surface area is 117 Å². The number of hydrogen-bond acceptors (Lipinski definition) is 5. The van der Waals surface area contributed by atoms with Crippen LogP contribution in [0.4, 0.5) is 5.69 Å². The van der Waals surface area contributed by atoms with Crippen molar-refractivity contribution in [3.05, 3.63) is 18.2 Å². The monoisotopic (exact) mass is 297 g/mol. The van der Waals surface area contributed by atoms with E-state index in [4.69, 9.17) is 5.73 Å². The van der Waals surface area contributed by atoms with Crippen LogP contribution in [0.1, 0.15) is 12.8 Å². The average Bonchev–Trinajstić information content (AvgIpc) is 2.81. The molecule has 0 fully saturated rings. The van der Waals surface area contributed by atoms with Crippen LogP contribution in [0.2, 0.25) is 0 Å². The molecule has 1 unspecified atom stereocenters. The Bertz CT molecular complexity index is 624. The van der Waals surface area contributed by atoms with Crippen molar-refractivity contribution < 1.29 is 9.00 Å². The summed E-state index contributed by atoms with van der Waals surface area (Å²) in [5.74, 6) is 0.414. The van der Waals surface area contributed by atoms with Crippen molar-refractivity contribution in [2.45, 2.75) is 17.2 Å². The van der Waals surface area contributed by atoms with Crippen LogP contribution >= 0.6 is 11.3 Å². The van der Waals surface area contributed by atoms with Gasteiger partial charge in [-0.3, -0.25) is 9.00 Å². The van der Waals surface area contributed by atoms with E-state index in [0.29, 0.717) is 28.6 Å². The van der Waals surface area contributed by atoms with Gasteiger partial charge in [0.2, 0.25) is 5.91 Å². The number of rotatable bonds is 5. The Hall–Kier alpha value is -1.47. The lowest BCUT2D eigenvalue weighted by Gasteiger charge is -1.98. The van der Waals surface area contributed by atoms with Crippen LogP contribution in [0.25, 0.3) is 10.2 Å². The molecule has 0 saturated carbocycles. The van der Waals surface area contributed by atoms with Gasteiger partial charge in [-0.05, 0) is 24.6 Å². The molecular weight excluding hydrogens is 282 g/mol. The summed E-state index contributed by atoms with van der Waals surface area (Å²) in [6.07, 6.45) is 0.977. The molecule has 0 spiro atoms. The Morgan fingerprint density at radius 3 is 3.05 bits per heavy atom. The summed E-state index contributed by atoms with van der Waals surface area (Å²) < 4.78 is 13.6. The summed E-state index contributed by atoms with van der Waals surface area (Å²) in [5, 5.41) is 2.54. The third-order valence-corrected chi connectivity index (χ3v) is 5.36. The zero-order valence-corrected chi connectivity index (χ0v) is 12.1. The number of carbonyl (C=O) groups is 1. The molecule has 0 aliphatic carbocycles. The minimum absolute atomic E-state index is 0.0333. The van der Waals surface area contributed by atoms with E-state index in [-0.39, 0.29) is 5.91 Å². The molecule has 2 aromatic rings. The molecule has 1 heterocycles. The van der Waals surface area contributed by atoms with Gasteiger partial charge in [0.05, 0.1) is 21.0 Å². The van der Waals surface area contributed by atoms with Crippen LogP contribution in [0.5, 0.6) is 0 Å². The van der Waals surface area contributed by atoms with Gasteiger partial charge in [0.25, 0.3) is 0 Å². The van der Waals surface area contributed by atoms with Crippen molar-refractivity contribution in [3.8, 4) is 0 Å². The third kappa shape index (κ3) is 3.51. The van der Waals surface area contributed by atoms with E-state index in [1.807, 2.05) is 12.1 Å². The summed E-state index contributed by atoms with van der Waals surface area (Å²) in [6, 6.07) is 5.44. The molecule has 3 N–H and O–H groups in total. The van der Waals surface area contributed by atoms with E-state index in [1.165, 1.54) is 11.3 Å². The molecule has 102 valence electrons. The first-order chi connectivity index (χ1) is 9.10. The predicted molar refractivity (Wildman–Crippen MR) is 78.6 cm³/mol. The number of fused-ring (bicyclic) bond motifs is 1. The van der Waals surface area contributed by atoms with Crippen molar-refractivity contribution in [1.82, 2.24) is 10.3 Å². The van der Waals surface area contributed by atoms with Crippen LogP contribution in [-0.2, 0) is 15.6 Å². The fourth-order valence-electron chi connectivity index (χ4n) is 1.59. The molecule has 7 heteroatoms. The van der Waals surface area contributed by atoms with Gasteiger partial charge in [-0.25, -0.2) is 4.98 Å². The number of carbonyl (C=O) groups excluding carboxylic acids is 1. The number of thiazole rings is 1. The second-order valence-electron chi connectivity index (χ2n) is 4.03. The van der Waals surface area contributed by atoms with E-state index in [9.17, 15) is 9.00 Å². The highest BCUT2D eigenvalue weighted by Crippen LogP contribution is 2.26. The number of anilines is 1. The highest BCUT2D eigenvalue weighted by Gasteiger charge is 2.11. The van der Waals surface area contributed by atoms with Gasteiger partial charge in [0.1, 0.15) is 0 Å². The number of amides is 1. The first-order valence-corrected chi connectivity index (χ1v) is 7.98. The first-order valence-electron chi connectivity index (χ1n) is 5.85. The molecule has 0 saturated heterocycles. The highest BCUT2D eigenvalue weighted by molar-refractivity contribution is 7.87. The topological polar surface area (TPSA) is 85.1 Å². The number of nitrogen functional groups attached to an aromatic ring is 1. The van der Waals surface area contributed by atoms with E-state index >= 15 is 0 Å². The van der Waals surface area contributed by atoms with Gasteiger partial charge in [0.15, 0.2) is 4.34 Å². The molecule has 19 heavy (non-hydrogen) atoms. The van der Waals surface area contributed by atoms with E-state index in [0.717, 1.165) is 10.2 Å². The molecule has 0 aliphatic rings. The van der Waals surface area contributed by atoms with Gasteiger partial charge in [-0.15, -0.1) is 11.3 Å². The maximum atomic E-state index is 12.1. The molecule has 5 nitrogen and oxygen atoms in total. The average molecular weight is 297 g/mol. The number of nitrogens with one attached hydrogen (secondary N) is 1. The summed E-state index contributed by atoms with van der Waals surface area (Å²) in [6.45, 7) is 0. The normalized spacial score (nSPS) is 12.5. The second kappa shape index (κ2) is 6.12. The van der Waals surface area contributed by atoms with E-state index < -0.39 is 10.8 Å². The summed E-state index contributed by atoms with van der Waals surface area (Å²) in [7, 11) is 0.440. The summed E-state index contributed by atoms with van der Waals surface area (Å²) in [4.78, 5) is 15.4. The third-order valence-electron chi connectivity index (χ3n) is 2.60. The molecule has 2 rings (SSSR count). The largest absolute Gasteiger partial charge is 0.399 e. The Morgan fingerprint density at radius 2 is 2.32 bits per heavy atom. The second-order valence-corrected chi connectivity index (χ2v) is 6.81. The zero-order chi connectivity index (χ0) is 13.8. The van der Waals surface area contributed by atoms with Crippen LogP contribution in [0.3, 0.4) is 0 Å². The van der Waals surface area contributed by atoms with E-state index in [1.54, 1.807) is 13.1 Å². The Balaban J connectivity index is 2.03. The van der Waals surface area contributed by atoms with Crippen molar-refractivity contribution in [2.75, 3.05) is 18.5 Å². The molecule has 0 aliphatic heterocycles. The van der Waals surface area contributed by atoms with Crippen molar-refractivity contribution >= 4 is 43.9 Å². The smallest absolute Gasteiger partial charge is 0.219 e. The first kappa shape index (κ1) is 14.0. The maximum absolute atomic E-state index is 12.1. The summed E-state index contributed by atoms with van der Waals surface area (Å²) >= 11 is 1.39. The van der Waals surface area contributed by atoms with Crippen LogP contribution < -0.4 is 11.1 Å². The van der Waals surface area contributed by atoms with Crippen LogP contribution in [0, 0.1) is 0 Å². The van der Waals surface area contributed by atoms with Gasteiger partial charge in [-0.1, -0.05) is 0 Å². The number of nitrogens with two attached hydrogens (primary N) is 1. The van der Waals surface area contributed by atoms with Gasteiger partial charge in [-0.2, -0.15) is 0 Å². The molecule has 1 aromatic carbocycles. The Kier molecular flexibility index (Phi) is 4.49. The number of hydrogen-bond donors (Lipinski definition) is 2. The fraction of sp³-hybridized carbons (Fsp3) is 0.333. The van der Waals surface area contributed by atoms with Crippen LogP contribution in [0.15, 0.2) is 22.5 Å². The molecule has 1 amide bonds. The molecule has 1 aromatic heterocycles. The number of aromatic nitrogens is 1. The zero-order valence-electron chi connectivity index (χ0n) is 10.5. The standard InChI is InChI=1S/C12H15N3O2S2/c1-14-11(16)3-2-6-19(17)12-15-9-5-4-8(13)7-10(9)18-12/h4-5,7H,2-3,6,13H2,1H3,(H,14,16). The lowest BCUT2D eigenvalue weighted by molar-refractivity contribution is -0.120. The predicted octanol–water partition coefficient (Wildman–Crippen LogP) is 1.51. The minimum atomic E-state index is -1.15. The highest BCUT2D eigenvalue weighted by atomic mass is 32.2. The van der Waals surface area contributed by atoms with Gasteiger partial charge >= 0.3 is 0 Å². The van der Waals surface area contributed by atoms with Crippen molar-refractivity contribution in [1.29, 1.82) is 0 Å². The molecule has 1 atom stereocenters. The number of nitrogens with zero attached hydrogens (tertiary/aromatic N) is 1. The summed E-state index contributed by atoms with van der Waals surface area (Å²) in [5.41, 5.74) is 7.18. The quantitative estimate of drug-likeness (QED) is 0.819. The molecule has 0 radical (unpaired) electrons. The van der Waals surface area contributed by atoms with Crippen LogP contribution in [-0.4, -0.2) is 27.9 Å². The van der Waals surface area contributed by atoms with Crippen molar-refractivity contribution in [3.63, 3.8) is 0 Å². The van der Waals surface area contributed by atoms with Gasteiger partial charge < -0.3 is 11.1 Å². The molecule has 0 bridgehead atoms. The lowest BCUT2D eigenvalue weighted by Crippen LogP contribution is -2.17. The minimum Gasteiger partial charge on any atom is -0.399 e. The molecular formula is C12H15N3O2S2. The fourth-order valence-corrected chi connectivity index (χ4v) is 4.01. The Morgan fingerprint density at radius 1 is 1.53 bits per heavy atom. The lowest BCUT2D eigenvalue weighted by atomic mass is 10.3. The van der Waals surface area contributed by atoms with E-state index in [2.05, 4.69) is 10.3 Å². The maximum Gasteiger partial charge on any atom is 0.219 e. The number of benzene rings is 1.